The highest BCUT2D eigenvalue weighted by Gasteiger charge is 2.31. The number of nitrogens with two attached hydrogens (primary N) is 1. The summed E-state index contributed by atoms with van der Waals surface area (Å²) in [5, 5.41) is 0. The largest absolute Gasteiger partial charge is 0.369 e. The third-order valence-corrected chi connectivity index (χ3v) is 4.57. The first-order valence-electron chi connectivity index (χ1n) is 7.77. The van der Waals surface area contributed by atoms with Gasteiger partial charge in [-0.2, -0.15) is 0 Å². The molecule has 0 amide bonds. The minimum Gasteiger partial charge on any atom is -0.369 e. The van der Waals surface area contributed by atoms with Crippen LogP contribution in [0.15, 0.2) is 24.3 Å². The van der Waals surface area contributed by atoms with Gasteiger partial charge in [0.2, 0.25) is 0 Å². The number of hydrogen-bond donors (Lipinski definition) is 1. The first kappa shape index (κ1) is 15.3. The van der Waals surface area contributed by atoms with E-state index in [1.807, 2.05) is 0 Å². The highest BCUT2D eigenvalue weighted by Crippen LogP contribution is 2.29. The zero-order valence-electron chi connectivity index (χ0n) is 13.3. The molecule has 0 spiro atoms. The van der Waals surface area contributed by atoms with E-state index in [2.05, 4.69) is 62.0 Å². The van der Waals surface area contributed by atoms with Crippen LogP contribution in [0.2, 0.25) is 0 Å². The van der Waals surface area contributed by atoms with Gasteiger partial charge in [-0.25, -0.2) is 0 Å². The van der Waals surface area contributed by atoms with E-state index >= 15 is 0 Å². The minimum absolute atomic E-state index is 0.265. The molecule has 3 atom stereocenters. The van der Waals surface area contributed by atoms with Crippen molar-refractivity contribution in [2.75, 3.05) is 32.1 Å². The van der Waals surface area contributed by atoms with Crippen LogP contribution in [0.25, 0.3) is 0 Å². The van der Waals surface area contributed by atoms with E-state index in [1.165, 1.54) is 11.3 Å². The Morgan fingerprint density at radius 2 is 2.00 bits per heavy atom. The van der Waals surface area contributed by atoms with Gasteiger partial charge in [-0.15, -0.1) is 0 Å². The number of hydrogen-bond acceptors (Lipinski definition) is 3. The number of benzene rings is 1. The van der Waals surface area contributed by atoms with Crippen LogP contribution >= 0.6 is 0 Å². The van der Waals surface area contributed by atoms with Gasteiger partial charge in [0.1, 0.15) is 0 Å². The fraction of sp³-hybridized carbons (Fsp3) is 0.647. The molecule has 112 valence electrons. The molecule has 0 radical (unpaired) electrons. The van der Waals surface area contributed by atoms with E-state index in [1.54, 1.807) is 0 Å². The highest BCUT2D eigenvalue weighted by molar-refractivity contribution is 5.55. The Kier molecular flexibility index (Phi) is 5.06. The molecule has 3 nitrogen and oxygen atoms in total. The SMILES string of the molecule is CCC(N)Cc1ccccc1N1CC(C)C(N(C)C)C1. The van der Waals surface area contributed by atoms with Crippen LogP contribution in [0.1, 0.15) is 25.8 Å². The molecule has 1 heterocycles. The van der Waals surface area contributed by atoms with Crippen LogP contribution in [0, 0.1) is 5.92 Å². The van der Waals surface area contributed by atoms with E-state index in [-0.39, 0.29) is 6.04 Å². The average molecular weight is 275 g/mol. The van der Waals surface area contributed by atoms with E-state index in [4.69, 9.17) is 5.73 Å². The Labute approximate surface area is 123 Å². The Bertz CT molecular complexity index is 430. The molecule has 1 aromatic rings. The predicted molar refractivity (Wildman–Crippen MR) is 87.3 cm³/mol. The molecule has 0 saturated carbocycles. The molecule has 1 fully saturated rings. The monoisotopic (exact) mass is 275 g/mol. The molecule has 20 heavy (non-hydrogen) atoms. The van der Waals surface area contributed by atoms with Crippen LogP contribution in [-0.2, 0) is 6.42 Å². The summed E-state index contributed by atoms with van der Waals surface area (Å²) in [5.41, 5.74) is 8.93. The summed E-state index contributed by atoms with van der Waals surface area (Å²) in [5.74, 6) is 0.706. The molecule has 3 unspecified atom stereocenters. The summed E-state index contributed by atoms with van der Waals surface area (Å²) in [7, 11) is 4.37. The fourth-order valence-corrected chi connectivity index (χ4v) is 3.24. The quantitative estimate of drug-likeness (QED) is 0.895. The average Bonchev–Trinajstić information content (AvgIpc) is 2.81. The standard InChI is InChI=1S/C17H29N3/c1-5-15(18)10-14-8-6-7-9-16(14)20-11-13(2)17(12-20)19(3)4/h6-9,13,15,17H,5,10-12,18H2,1-4H3. The van der Waals surface area contributed by atoms with E-state index < -0.39 is 0 Å². The fourth-order valence-electron chi connectivity index (χ4n) is 3.24. The summed E-state index contributed by atoms with van der Waals surface area (Å²) in [6, 6.07) is 9.67. The lowest BCUT2D eigenvalue weighted by molar-refractivity contribution is 0.266. The maximum atomic E-state index is 6.15. The zero-order chi connectivity index (χ0) is 14.7. The second-order valence-corrected chi connectivity index (χ2v) is 6.41. The predicted octanol–water partition coefficient (Wildman–Crippen LogP) is 2.35. The van der Waals surface area contributed by atoms with Crippen LogP contribution < -0.4 is 10.6 Å². The van der Waals surface area contributed by atoms with Crippen molar-refractivity contribution >= 4 is 5.69 Å². The summed E-state index contributed by atoms with van der Waals surface area (Å²) in [6.45, 7) is 6.77. The van der Waals surface area contributed by atoms with Crippen molar-refractivity contribution in [2.24, 2.45) is 11.7 Å². The van der Waals surface area contributed by atoms with Gasteiger partial charge in [0, 0.05) is 30.9 Å². The Morgan fingerprint density at radius 1 is 1.30 bits per heavy atom. The molecule has 1 aromatic carbocycles. The maximum absolute atomic E-state index is 6.15. The van der Waals surface area contributed by atoms with Gasteiger partial charge in [-0.3, -0.25) is 0 Å². The van der Waals surface area contributed by atoms with Crippen LogP contribution in [-0.4, -0.2) is 44.2 Å². The number of nitrogens with zero attached hydrogens (tertiary/aromatic N) is 2. The topological polar surface area (TPSA) is 32.5 Å². The zero-order valence-corrected chi connectivity index (χ0v) is 13.3. The lowest BCUT2D eigenvalue weighted by Crippen LogP contribution is -2.34. The summed E-state index contributed by atoms with van der Waals surface area (Å²) < 4.78 is 0. The summed E-state index contributed by atoms with van der Waals surface area (Å²) >= 11 is 0. The van der Waals surface area contributed by atoms with Crippen molar-refractivity contribution in [1.82, 2.24) is 4.90 Å². The first-order chi connectivity index (χ1) is 9.52. The van der Waals surface area contributed by atoms with Crippen molar-refractivity contribution in [3.05, 3.63) is 29.8 Å². The number of anilines is 1. The molecule has 0 bridgehead atoms. The molecule has 1 saturated heterocycles. The Hall–Kier alpha value is -1.06. The summed E-state index contributed by atoms with van der Waals surface area (Å²) in [6.07, 6.45) is 2.01. The normalized spacial score (nSPS) is 24.4. The third-order valence-electron chi connectivity index (χ3n) is 4.57. The van der Waals surface area contributed by atoms with E-state index in [0.717, 1.165) is 25.9 Å². The molecule has 0 aromatic heterocycles. The van der Waals surface area contributed by atoms with Gasteiger partial charge in [-0.1, -0.05) is 32.0 Å². The minimum atomic E-state index is 0.265. The van der Waals surface area contributed by atoms with Gasteiger partial charge in [0.15, 0.2) is 0 Å². The molecule has 0 aliphatic carbocycles. The van der Waals surface area contributed by atoms with Gasteiger partial charge in [-0.05, 0) is 44.5 Å². The first-order valence-corrected chi connectivity index (χ1v) is 7.77. The molecule has 3 heteroatoms. The van der Waals surface area contributed by atoms with Gasteiger partial charge in [0.25, 0.3) is 0 Å². The Morgan fingerprint density at radius 3 is 2.60 bits per heavy atom. The van der Waals surface area contributed by atoms with Crippen LogP contribution in [0.3, 0.4) is 0 Å². The van der Waals surface area contributed by atoms with Gasteiger partial charge < -0.3 is 15.5 Å². The van der Waals surface area contributed by atoms with Crippen molar-refractivity contribution in [3.8, 4) is 0 Å². The van der Waals surface area contributed by atoms with Crippen molar-refractivity contribution in [3.63, 3.8) is 0 Å². The highest BCUT2D eigenvalue weighted by atomic mass is 15.2. The lowest BCUT2D eigenvalue weighted by Gasteiger charge is -2.25. The van der Waals surface area contributed by atoms with Crippen molar-refractivity contribution in [1.29, 1.82) is 0 Å². The molecule has 1 aliphatic rings. The second kappa shape index (κ2) is 6.59. The van der Waals surface area contributed by atoms with Crippen molar-refractivity contribution in [2.45, 2.75) is 38.8 Å². The molecular weight excluding hydrogens is 246 g/mol. The van der Waals surface area contributed by atoms with E-state index in [0.29, 0.717) is 12.0 Å². The van der Waals surface area contributed by atoms with Crippen LogP contribution in [0.5, 0.6) is 0 Å². The molecule has 2 N–H and O–H groups in total. The Balaban J connectivity index is 2.17. The second-order valence-electron chi connectivity index (χ2n) is 6.41. The van der Waals surface area contributed by atoms with Gasteiger partial charge in [0.05, 0.1) is 0 Å². The molecule has 2 rings (SSSR count). The maximum Gasteiger partial charge on any atom is 0.0399 e. The van der Waals surface area contributed by atoms with Crippen molar-refractivity contribution < 1.29 is 0 Å². The number of para-hydroxylation sites is 1. The molecular formula is C17H29N3. The lowest BCUT2D eigenvalue weighted by atomic mass is 10.0. The molecule has 1 aliphatic heterocycles. The number of likely N-dealkylation sites (N-methyl/N-ethyl adjacent to an activating group) is 1. The van der Waals surface area contributed by atoms with Crippen LogP contribution in [0.4, 0.5) is 5.69 Å². The smallest absolute Gasteiger partial charge is 0.0399 e. The van der Waals surface area contributed by atoms with Gasteiger partial charge >= 0.3 is 0 Å². The third kappa shape index (κ3) is 3.33. The van der Waals surface area contributed by atoms with E-state index in [9.17, 15) is 0 Å². The number of rotatable bonds is 5. The summed E-state index contributed by atoms with van der Waals surface area (Å²) in [4.78, 5) is 4.89.